The SMILES string of the molecule is CCCCCCCCOCC(I)CC1(F)C(F)(F)C(F)(F)C(F)(F)C(F)(F)C1(F)F. The van der Waals surface area contributed by atoms with E-state index in [9.17, 15) is 48.3 Å². The van der Waals surface area contributed by atoms with Crippen molar-refractivity contribution in [2.75, 3.05) is 13.2 Å². The molecule has 30 heavy (non-hydrogen) atoms. The molecule has 1 atom stereocenters. The lowest BCUT2D eigenvalue weighted by molar-refractivity contribution is -0.485. The van der Waals surface area contributed by atoms with Crippen molar-refractivity contribution in [1.82, 2.24) is 0 Å². The highest BCUT2D eigenvalue weighted by Gasteiger charge is 3.00. The second kappa shape index (κ2) is 9.42. The zero-order valence-corrected chi connectivity index (χ0v) is 18.0. The smallest absolute Gasteiger partial charge is 0.380 e. The van der Waals surface area contributed by atoms with Crippen molar-refractivity contribution in [3.63, 3.8) is 0 Å². The van der Waals surface area contributed by atoms with Crippen LogP contribution in [-0.4, -0.2) is 52.4 Å². The average molecular weight is 578 g/mol. The topological polar surface area (TPSA) is 9.23 Å². The predicted octanol–water partition coefficient (Wildman–Crippen LogP) is 7.46. The molecule has 0 aromatic heterocycles. The van der Waals surface area contributed by atoms with Crippen LogP contribution in [-0.2, 0) is 4.74 Å². The average Bonchev–Trinajstić information content (AvgIpc) is 2.62. The molecule has 0 aliphatic heterocycles. The molecular weight excluding hydrogens is 556 g/mol. The molecule has 1 aliphatic rings. The second-order valence-electron chi connectivity index (χ2n) is 7.32. The number of ether oxygens (including phenoxy) is 1. The lowest BCUT2D eigenvalue weighted by Gasteiger charge is -2.53. The lowest BCUT2D eigenvalue weighted by Crippen LogP contribution is -2.83. The standard InChI is InChI=1S/C17H22F11IO/c1-2-3-4-5-6-7-8-30-10-11(29)9-12(18)13(19,20)15(23,24)17(27,28)16(25,26)14(12,21)22/h11H,2-10H2,1H3. The summed E-state index contributed by atoms with van der Waals surface area (Å²) in [5.74, 6) is -34.8. The monoisotopic (exact) mass is 578 g/mol. The van der Waals surface area contributed by atoms with Gasteiger partial charge in [0, 0.05) is 17.0 Å². The Bertz CT molecular complexity index is 538. The van der Waals surface area contributed by atoms with Gasteiger partial charge < -0.3 is 4.74 Å². The van der Waals surface area contributed by atoms with Gasteiger partial charge in [-0.15, -0.1) is 0 Å². The van der Waals surface area contributed by atoms with Crippen molar-refractivity contribution < 1.29 is 53.0 Å². The molecule has 0 radical (unpaired) electrons. The fraction of sp³-hybridized carbons (Fsp3) is 1.00. The number of hydrogen-bond acceptors (Lipinski definition) is 1. The van der Waals surface area contributed by atoms with Crippen LogP contribution in [0.5, 0.6) is 0 Å². The minimum Gasteiger partial charge on any atom is -0.380 e. The van der Waals surface area contributed by atoms with Crippen molar-refractivity contribution in [2.45, 2.75) is 91.1 Å². The first-order chi connectivity index (χ1) is 13.5. The normalized spacial score (nSPS) is 26.3. The van der Waals surface area contributed by atoms with Gasteiger partial charge in [-0.3, -0.25) is 0 Å². The van der Waals surface area contributed by atoms with Crippen LogP contribution < -0.4 is 0 Å². The number of hydrogen-bond donors (Lipinski definition) is 0. The molecule has 0 bridgehead atoms. The van der Waals surface area contributed by atoms with Gasteiger partial charge >= 0.3 is 29.6 Å². The molecule has 1 unspecified atom stereocenters. The molecule has 0 amide bonds. The van der Waals surface area contributed by atoms with E-state index in [0.717, 1.165) is 54.7 Å². The third-order valence-electron chi connectivity index (χ3n) is 5.02. The summed E-state index contributed by atoms with van der Waals surface area (Å²) in [5.41, 5.74) is -5.93. The number of alkyl halides is 12. The molecule has 0 aromatic carbocycles. The summed E-state index contributed by atoms with van der Waals surface area (Å²) < 4.78 is 153. The van der Waals surface area contributed by atoms with E-state index in [4.69, 9.17) is 4.74 Å². The van der Waals surface area contributed by atoms with Gasteiger partial charge in [0.05, 0.1) is 6.61 Å². The lowest BCUT2D eigenvalue weighted by atomic mass is 9.70. The summed E-state index contributed by atoms with van der Waals surface area (Å²) in [7, 11) is 0. The minimum atomic E-state index is -7.17. The van der Waals surface area contributed by atoms with Crippen LogP contribution in [0.25, 0.3) is 0 Å². The van der Waals surface area contributed by atoms with Gasteiger partial charge in [-0.1, -0.05) is 61.6 Å². The van der Waals surface area contributed by atoms with Gasteiger partial charge in [-0.2, -0.15) is 43.9 Å². The minimum absolute atomic E-state index is 0.0160. The van der Waals surface area contributed by atoms with E-state index in [0.29, 0.717) is 6.42 Å². The maximum atomic E-state index is 14.6. The van der Waals surface area contributed by atoms with Gasteiger partial charge in [-0.05, 0) is 6.42 Å². The van der Waals surface area contributed by atoms with E-state index in [1.807, 2.05) is 6.92 Å². The van der Waals surface area contributed by atoms with Gasteiger partial charge in [0.1, 0.15) is 0 Å². The van der Waals surface area contributed by atoms with E-state index in [2.05, 4.69) is 0 Å². The van der Waals surface area contributed by atoms with Crippen LogP contribution in [0, 0.1) is 0 Å². The Morgan fingerprint density at radius 1 is 0.633 bits per heavy atom. The Hall–Kier alpha value is -0.0800. The molecule has 0 aromatic rings. The molecule has 0 N–H and O–H groups in total. The molecule has 1 aliphatic carbocycles. The van der Waals surface area contributed by atoms with E-state index in [1.165, 1.54) is 0 Å². The zero-order chi connectivity index (χ0) is 23.6. The van der Waals surface area contributed by atoms with Crippen molar-refractivity contribution in [2.24, 2.45) is 0 Å². The largest absolute Gasteiger partial charge is 0.384 e. The quantitative estimate of drug-likeness (QED) is 0.107. The summed E-state index contributed by atoms with van der Waals surface area (Å²) in [6.07, 6.45) is 2.84. The Morgan fingerprint density at radius 2 is 1.03 bits per heavy atom. The van der Waals surface area contributed by atoms with Crippen molar-refractivity contribution in [3.8, 4) is 0 Å². The Morgan fingerprint density at radius 3 is 1.50 bits per heavy atom. The second-order valence-corrected chi connectivity index (χ2v) is 9.08. The predicted molar refractivity (Wildman–Crippen MR) is 95.2 cm³/mol. The summed E-state index contributed by atoms with van der Waals surface area (Å²) in [6, 6.07) is 0. The van der Waals surface area contributed by atoms with Gasteiger partial charge in [0.25, 0.3) is 5.67 Å². The van der Waals surface area contributed by atoms with Crippen LogP contribution in [0.2, 0.25) is 0 Å². The summed E-state index contributed by atoms with van der Waals surface area (Å²) in [4.78, 5) is 0. The van der Waals surface area contributed by atoms with E-state index in [1.54, 1.807) is 0 Å². The van der Waals surface area contributed by atoms with Crippen LogP contribution in [0.4, 0.5) is 48.3 Å². The molecule has 1 saturated carbocycles. The molecule has 0 heterocycles. The van der Waals surface area contributed by atoms with Gasteiger partial charge in [-0.25, -0.2) is 4.39 Å². The van der Waals surface area contributed by atoms with Crippen LogP contribution in [0.3, 0.4) is 0 Å². The van der Waals surface area contributed by atoms with Crippen molar-refractivity contribution in [3.05, 3.63) is 0 Å². The van der Waals surface area contributed by atoms with Gasteiger partial charge in [0.15, 0.2) is 0 Å². The molecule has 1 fully saturated rings. The number of rotatable bonds is 11. The van der Waals surface area contributed by atoms with Crippen LogP contribution >= 0.6 is 22.6 Å². The number of halogens is 12. The number of unbranched alkanes of at least 4 members (excludes halogenated alkanes) is 5. The third-order valence-corrected chi connectivity index (χ3v) is 5.82. The zero-order valence-electron chi connectivity index (χ0n) is 15.9. The Labute approximate surface area is 180 Å². The molecular formula is C17H22F11IO. The van der Waals surface area contributed by atoms with E-state index >= 15 is 0 Å². The first-order valence-electron chi connectivity index (χ1n) is 9.25. The molecule has 1 nitrogen and oxygen atoms in total. The molecule has 0 saturated heterocycles. The Balaban J connectivity index is 2.88. The van der Waals surface area contributed by atoms with Crippen LogP contribution in [0.1, 0.15) is 51.9 Å². The molecule has 1 rings (SSSR count). The molecule has 13 heteroatoms. The third kappa shape index (κ3) is 4.26. The fourth-order valence-electron chi connectivity index (χ4n) is 3.10. The van der Waals surface area contributed by atoms with E-state index in [-0.39, 0.29) is 6.61 Å². The van der Waals surface area contributed by atoms with Crippen molar-refractivity contribution >= 4 is 22.6 Å². The highest BCUT2D eigenvalue weighted by molar-refractivity contribution is 14.1. The molecule has 0 spiro atoms. The van der Waals surface area contributed by atoms with Crippen LogP contribution in [0.15, 0.2) is 0 Å². The highest BCUT2D eigenvalue weighted by Crippen LogP contribution is 2.70. The summed E-state index contributed by atoms with van der Waals surface area (Å²) >= 11 is 1.09. The summed E-state index contributed by atoms with van der Waals surface area (Å²) in [6.45, 7) is 1.33. The van der Waals surface area contributed by atoms with Crippen molar-refractivity contribution in [1.29, 1.82) is 0 Å². The molecule has 180 valence electrons. The first-order valence-corrected chi connectivity index (χ1v) is 10.5. The van der Waals surface area contributed by atoms with E-state index < -0.39 is 52.2 Å². The maximum Gasteiger partial charge on any atom is 0.384 e. The van der Waals surface area contributed by atoms with Gasteiger partial charge in [0.2, 0.25) is 0 Å². The maximum absolute atomic E-state index is 14.6. The highest BCUT2D eigenvalue weighted by atomic mass is 127. The summed E-state index contributed by atoms with van der Waals surface area (Å²) in [5, 5.41) is 0. The first kappa shape index (κ1) is 28.0. The fourth-order valence-corrected chi connectivity index (χ4v) is 3.96. The Kier molecular flexibility index (Phi) is 8.78.